The van der Waals surface area contributed by atoms with Gasteiger partial charge in [0, 0.05) is 9.26 Å². The van der Waals surface area contributed by atoms with E-state index in [1.165, 1.54) is 0 Å². The van der Waals surface area contributed by atoms with Gasteiger partial charge in [-0.1, -0.05) is 18.9 Å². The van der Waals surface area contributed by atoms with Crippen molar-refractivity contribution in [1.82, 2.24) is 0 Å². The van der Waals surface area contributed by atoms with Gasteiger partial charge in [-0.25, -0.2) is 0 Å². The van der Waals surface area contributed by atoms with Crippen molar-refractivity contribution in [1.29, 1.82) is 0 Å². The monoisotopic (exact) mass is 517 g/mol. The Balaban J connectivity index is 2.05. The van der Waals surface area contributed by atoms with Crippen LogP contribution in [-0.2, 0) is 24.4 Å². The summed E-state index contributed by atoms with van der Waals surface area (Å²) in [5.41, 5.74) is 0.544. The lowest BCUT2D eigenvalue weighted by atomic mass is 9.78. The Labute approximate surface area is 168 Å². The number of hydrogen-bond acceptors (Lipinski definition) is 5. The van der Waals surface area contributed by atoms with Gasteiger partial charge in [-0.3, -0.25) is 14.1 Å². The fourth-order valence-corrected chi connectivity index (χ4v) is 3.62. The first-order chi connectivity index (χ1) is 12.5. The molecule has 7 nitrogen and oxygen atoms in total. The molecule has 2 atom stereocenters. The van der Waals surface area contributed by atoms with Gasteiger partial charge in [-0.2, -0.15) is 17.2 Å². The third kappa shape index (κ3) is 5.82. The van der Waals surface area contributed by atoms with Crippen LogP contribution in [0, 0.1) is 15.4 Å². The van der Waals surface area contributed by atoms with Crippen LogP contribution < -0.4 is 5.32 Å². The highest BCUT2D eigenvalue weighted by Crippen LogP contribution is 2.33. The second-order valence-electron chi connectivity index (χ2n) is 6.22. The number of carbonyl (C=O) groups excluding carboxylic acids is 2. The number of nitrogens with one attached hydrogen (secondary N) is 1. The quantitative estimate of drug-likeness (QED) is 0.341. The summed E-state index contributed by atoms with van der Waals surface area (Å²) in [5, 5.41) is -1.90. The molecule has 1 aliphatic rings. The maximum atomic E-state index is 13.2. The topological polar surface area (TPSA) is 110 Å². The number of carbonyl (C=O) groups is 2. The van der Waals surface area contributed by atoms with Crippen molar-refractivity contribution in [3.8, 4) is 0 Å². The van der Waals surface area contributed by atoms with E-state index >= 15 is 0 Å². The number of halogens is 3. The van der Waals surface area contributed by atoms with Crippen LogP contribution in [0.2, 0.25) is 0 Å². The van der Waals surface area contributed by atoms with E-state index in [-0.39, 0.29) is 6.42 Å². The van der Waals surface area contributed by atoms with E-state index in [1.807, 2.05) is 6.07 Å². The number of anilines is 1. The summed E-state index contributed by atoms with van der Waals surface area (Å²) in [4.78, 5) is 24.7. The van der Waals surface area contributed by atoms with Crippen LogP contribution in [0.4, 0.5) is 14.5 Å². The average molecular weight is 517 g/mol. The summed E-state index contributed by atoms with van der Waals surface area (Å²) in [7, 11) is -5.69. The predicted molar refractivity (Wildman–Crippen MR) is 101 cm³/mol. The van der Waals surface area contributed by atoms with Crippen LogP contribution in [0.1, 0.15) is 25.7 Å². The lowest BCUT2D eigenvalue weighted by Crippen LogP contribution is -2.40. The first kappa shape index (κ1) is 22.0. The Bertz CT molecular complexity index is 817. The molecule has 2 N–H and O–H groups in total. The number of esters is 1. The predicted octanol–water partition coefficient (Wildman–Crippen LogP) is 3.06. The molecule has 0 aliphatic heterocycles. The molecule has 0 saturated heterocycles. The van der Waals surface area contributed by atoms with Gasteiger partial charge in [0.25, 0.3) is 0 Å². The fourth-order valence-electron chi connectivity index (χ4n) is 2.86. The van der Waals surface area contributed by atoms with Gasteiger partial charge in [0.05, 0.1) is 11.8 Å². The maximum Gasteiger partial charge on any atom is 0.402 e. The Hall–Kier alpha value is -1.34. The van der Waals surface area contributed by atoms with Gasteiger partial charge in [-0.05, 0) is 53.6 Å². The standard InChI is InChI=1S/C16H18F2INO6S/c17-16(18,27(23,24)25)9-26-15(22)13-7-2-1-6-12(13)14(21)20-11-5-3-4-10(19)8-11/h3-5,8,12-13H,1-2,6-7,9H2,(H,20,21)(H,23,24,25). The number of alkyl halides is 2. The molecule has 1 fully saturated rings. The van der Waals surface area contributed by atoms with Crippen molar-refractivity contribution in [2.75, 3.05) is 11.9 Å². The zero-order valence-electron chi connectivity index (χ0n) is 14.0. The highest BCUT2D eigenvalue weighted by atomic mass is 127. The zero-order valence-corrected chi connectivity index (χ0v) is 17.0. The number of ether oxygens (including phenoxy) is 1. The second kappa shape index (κ2) is 8.78. The molecule has 1 amide bonds. The molecule has 0 aromatic heterocycles. The molecule has 0 heterocycles. The molecular formula is C16H18F2INO6S. The minimum absolute atomic E-state index is 0.265. The fraction of sp³-hybridized carbons (Fsp3) is 0.500. The van der Waals surface area contributed by atoms with Crippen LogP contribution in [0.5, 0.6) is 0 Å². The molecule has 1 saturated carbocycles. The molecule has 0 spiro atoms. The highest BCUT2D eigenvalue weighted by molar-refractivity contribution is 14.1. The average Bonchev–Trinajstić information content (AvgIpc) is 2.58. The van der Waals surface area contributed by atoms with Gasteiger partial charge in [0.1, 0.15) is 0 Å². The van der Waals surface area contributed by atoms with Crippen molar-refractivity contribution in [3.63, 3.8) is 0 Å². The SMILES string of the molecule is O=C(Nc1cccc(I)c1)C1CCCCC1C(=O)OCC(F)(F)S(=O)(=O)O. The van der Waals surface area contributed by atoms with Crippen LogP contribution in [0.3, 0.4) is 0 Å². The van der Waals surface area contributed by atoms with E-state index in [4.69, 9.17) is 4.55 Å². The van der Waals surface area contributed by atoms with Gasteiger partial charge in [-0.15, -0.1) is 0 Å². The zero-order chi connectivity index (χ0) is 20.2. The number of hydrogen-bond donors (Lipinski definition) is 2. The van der Waals surface area contributed by atoms with E-state index in [2.05, 4.69) is 32.6 Å². The van der Waals surface area contributed by atoms with E-state index in [0.717, 1.165) is 3.57 Å². The second-order valence-corrected chi connectivity index (χ2v) is 9.01. The van der Waals surface area contributed by atoms with Gasteiger partial charge < -0.3 is 10.1 Å². The molecule has 1 aliphatic carbocycles. The lowest BCUT2D eigenvalue weighted by Gasteiger charge is -2.29. The highest BCUT2D eigenvalue weighted by Gasteiger charge is 2.46. The van der Waals surface area contributed by atoms with Crippen molar-refractivity contribution < 1.29 is 36.1 Å². The number of rotatable bonds is 6. The molecule has 11 heteroatoms. The van der Waals surface area contributed by atoms with Gasteiger partial charge >= 0.3 is 21.3 Å². The summed E-state index contributed by atoms with van der Waals surface area (Å²) in [5.74, 6) is -3.25. The van der Waals surface area contributed by atoms with Crippen LogP contribution in [0.15, 0.2) is 24.3 Å². The third-order valence-corrected chi connectivity index (χ3v) is 5.80. The Morgan fingerprint density at radius 1 is 1.26 bits per heavy atom. The molecule has 1 aromatic carbocycles. The normalized spacial score (nSPS) is 20.7. The van der Waals surface area contributed by atoms with Crippen molar-refractivity contribution >= 4 is 50.3 Å². The molecule has 150 valence electrons. The minimum Gasteiger partial charge on any atom is -0.458 e. The van der Waals surface area contributed by atoms with Crippen LogP contribution in [0.25, 0.3) is 0 Å². The first-order valence-electron chi connectivity index (χ1n) is 8.09. The van der Waals surface area contributed by atoms with Gasteiger partial charge in [0.15, 0.2) is 6.61 Å². The summed E-state index contributed by atoms with van der Waals surface area (Å²) in [6.07, 6.45) is 1.95. The summed E-state index contributed by atoms with van der Waals surface area (Å²) in [6, 6.07) is 7.01. The molecule has 0 radical (unpaired) electrons. The third-order valence-electron chi connectivity index (χ3n) is 4.26. The van der Waals surface area contributed by atoms with Crippen LogP contribution in [-0.4, -0.2) is 36.7 Å². The Kier molecular flexibility index (Phi) is 7.14. The van der Waals surface area contributed by atoms with Crippen molar-refractivity contribution in [2.45, 2.75) is 30.9 Å². The smallest absolute Gasteiger partial charge is 0.402 e. The lowest BCUT2D eigenvalue weighted by molar-refractivity contribution is -0.159. The van der Waals surface area contributed by atoms with Gasteiger partial charge in [0.2, 0.25) is 5.91 Å². The molecule has 1 aromatic rings. The van der Waals surface area contributed by atoms with E-state index in [0.29, 0.717) is 24.9 Å². The van der Waals surface area contributed by atoms with E-state index in [9.17, 15) is 26.8 Å². The molecule has 2 unspecified atom stereocenters. The summed E-state index contributed by atoms with van der Waals surface area (Å²) < 4.78 is 61.5. The van der Waals surface area contributed by atoms with Crippen molar-refractivity contribution in [2.24, 2.45) is 11.8 Å². The maximum absolute atomic E-state index is 13.2. The number of benzene rings is 1. The first-order valence-corrected chi connectivity index (χ1v) is 10.6. The largest absolute Gasteiger partial charge is 0.458 e. The Morgan fingerprint density at radius 3 is 2.48 bits per heavy atom. The molecule has 0 bridgehead atoms. The molecule has 2 rings (SSSR count). The Morgan fingerprint density at radius 2 is 1.89 bits per heavy atom. The van der Waals surface area contributed by atoms with Crippen molar-refractivity contribution in [3.05, 3.63) is 27.8 Å². The summed E-state index contributed by atoms with van der Waals surface area (Å²) in [6.45, 7) is -1.80. The minimum atomic E-state index is -5.69. The van der Waals surface area contributed by atoms with Crippen LogP contribution >= 0.6 is 22.6 Å². The van der Waals surface area contributed by atoms with E-state index < -0.39 is 45.7 Å². The number of amides is 1. The molecular weight excluding hydrogens is 499 g/mol. The molecule has 27 heavy (non-hydrogen) atoms. The summed E-state index contributed by atoms with van der Waals surface area (Å²) >= 11 is 2.08. The van der Waals surface area contributed by atoms with E-state index in [1.54, 1.807) is 18.2 Å².